The molecule has 0 N–H and O–H groups in total. The van der Waals surface area contributed by atoms with E-state index in [9.17, 15) is 0 Å². The van der Waals surface area contributed by atoms with E-state index in [0.717, 1.165) is 17.2 Å². The van der Waals surface area contributed by atoms with Crippen molar-refractivity contribution in [2.45, 2.75) is 6.54 Å². The zero-order valence-electron chi connectivity index (χ0n) is 12.8. The number of halogens is 1. The molecular weight excluding hydrogens is 379 g/mol. The highest BCUT2D eigenvalue weighted by Gasteiger charge is 2.08. The summed E-state index contributed by atoms with van der Waals surface area (Å²) >= 11 is 0. The van der Waals surface area contributed by atoms with Gasteiger partial charge in [0.25, 0.3) is 0 Å². The molecule has 0 amide bonds. The molecule has 0 saturated carbocycles. The Morgan fingerprint density at radius 3 is 2.29 bits per heavy atom. The van der Waals surface area contributed by atoms with Gasteiger partial charge in [-0.25, -0.2) is 9.98 Å². The fourth-order valence-electron chi connectivity index (χ4n) is 1.93. The van der Waals surface area contributed by atoms with Gasteiger partial charge in [0.2, 0.25) is 5.89 Å². The molecule has 0 spiro atoms. The number of rotatable bonds is 3. The van der Waals surface area contributed by atoms with E-state index in [1.54, 1.807) is 6.26 Å². The summed E-state index contributed by atoms with van der Waals surface area (Å²) in [5.41, 5.74) is 1.80. The molecule has 0 saturated heterocycles. The van der Waals surface area contributed by atoms with Crippen LogP contribution in [0.5, 0.6) is 0 Å². The summed E-state index contributed by atoms with van der Waals surface area (Å²) in [7, 11) is 7.88. The lowest BCUT2D eigenvalue weighted by molar-refractivity contribution is 0.479. The van der Waals surface area contributed by atoms with Crippen LogP contribution in [0.4, 0.5) is 0 Å². The first-order chi connectivity index (χ1) is 9.58. The van der Waals surface area contributed by atoms with Crippen molar-refractivity contribution in [2.75, 3.05) is 28.2 Å². The zero-order chi connectivity index (χ0) is 14.5. The van der Waals surface area contributed by atoms with Crippen LogP contribution >= 0.6 is 24.0 Å². The van der Waals surface area contributed by atoms with E-state index in [1.165, 1.54) is 0 Å². The molecule has 1 heterocycles. The van der Waals surface area contributed by atoms with E-state index >= 15 is 0 Å². The number of hydrogen-bond donors (Lipinski definition) is 0. The molecule has 0 aliphatic carbocycles. The minimum Gasteiger partial charge on any atom is -0.444 e. The SMILES string of the molecule is CN(C)C(=NCc1coc(-c2ccccc2)n1)N(C)C.I. The maximum absolute atomic E-state index is 5.50. The van der Waals surface area contributed by atoms with Crippen LogP contribution in [0.25, 0.3) is 11.5 Å². The fraction of sp³-hybridized carbons (Fsp3) is 0.333. The molecule has 1 aromatic carbocycles. The molecule has 1 aromatic heterocycles. The molecule has 0 fully saturated rings. The Bertz CT molecular complexity index is 568. The summed E-state index contributed by atoms with van der Waals surface area (Å²) in [6, 6.07) is 9.85. The van der Waals surface area contributed by atoms with Gasteiger partial charge in [-0.2, -0.15) is 0 Å². The highest BCUT2D eigenvalue weighted by atomic mass is 127. The molecule has 0 aliphatic heterocycles. The van der Waals surface area contributed by atoms with E-state index in [-0.39, 0.29) is 24.0 Å². The molecule has 0 bridgehead atoms. The van der Waals surface area contributed by atoms with Gasteiger partial charge in [0.05, 0.1) is 6.54 Å². The number of hydrogen-bond acceptors (Lipinski definition) is 3. The molecule has 6 heteroatoms. The Balaban J connectivity index is 0.00000220. The Morgan fingerprint density at radius 1 is 1.10 bits per heavy atom. The first kappa shape index (κ1) is 17.5. The summed E-state index contributed by atoms with van der Waals surface area (Å²) < 4.78 is 5.50. The van der Waals surface area contributed by atoms with Crippen LogP contribution in [0.1, 0.15) is 5.69 Å². The lowest BCUT2D eigenvalue weighted by atomic mass is 10.2. The van der Waals surface area contributed by atoms with Gasteiger partial charge in [-0.3, -0.25) is 0 Å². The number of aromatic nitrogens is 1. The quantitative estimate of drug-likeness (QED) is 0.452. The Kier molecular flexibility index (Phi) is 6.67. The second kappa shape index (κ2) is 8.02. The van der Waals surface area contributed by atoms with Crippen molar-refractivity contribution in [1.82, 2.24) is 14.8 Å². The first-order valence-electron chi connectivity index (χ1n) is 6.47. The van der Waals surface area contributed by atoms with Crippen molar-refractivity contribution in [2.24, 2.45) is 4.99 Å². The molecule has 2 rings (SSSR count). The van der Waals surface area contributed by atoms with Crippen LogP contribution in [0.15, 0.2) is 46.0 Å². The maximum Gasteiger partial charge on any atom is 0.226 e. The Hall–Kier alpha value is -1.57. The Labute approximate surface area is 142 Å². The number of aliphatic imine (C=N–C) groups is 1. The van der Waals surface area contributed by atoms with E-state index in [0.29, 0.717) is 12.4 Å². The predicted octanol–water partition coefficient (Wildman–Crippen LogP) is 2.94. The number of nitrogens with zero attached hydrogens (tertiary/aromatic N) is 4. The molecule has 5 nitrogen and oxygen atoms in total. The van der Waals surface area contributed by atoms with E-state index in [1.807, 2.05) is 68.3 Å². The van der Waals surface area contributed by atoms with Crippen LogP contribution in [0, 0.1) is 0 Å². The molecule has 114 valence electrons. The topological polar surface area (TPSA) is 44.9 Å². The van der Waals surface area contributed by atoms with E-state index in [2.05, 4.69) is 9.98 Å². The van der Waals surface area contributed by atoms with E-state index < -0.39 is 0 Å². The van der Waals surface area contributed by atoms with Crippen LogP contribution in [0.3, 0.4) is 0 Å². The molecule has 0 radical (unpaired) electrons. The van der Waals surface area contributed by atoms with Gasteiger partial charge < -0.3 is 14.2 Å². The van der Waals surface area contributed by atoms with Crippen molar-refractivity contribution < 1.29 is 4.42 Å². The normalized spacial score (nSPS) is 9.71. The molecular formula is C15H21IN4O. The second-order valence-electron chi connectivity index (χ2n) is 4.92. The summed E-state index contributed by atoms with van der Waals surface area (Å²) in [5, 5.41) is 0. The third-order valence-corrected chi connectivity index (χ3v) is 2.75. The summed E-state index contributed by atoms with van der Waals surface area (Å²) in [6.07, 6.45) is 1.66. The highest BCUT2D eigenvalue weighted by molar-refractivity contribution is 14.0. The zero-order valence-corrected chi connectivity index (χ0v) is 15.1. The molecule has 0 atom stereocenters. The summed E-state index contributed by atoms with van der Waals surface area (Å²) in [5.74, 6) is 1.53. The maximum atomic E-state index is 5.50. The lowest BCUT2D eigenvalue weighted by Gasteiger charge is -2.22. The number of oxazole rings is 1. The molecule has 2 aromatic rings. The predicted molar refractivity (Wildman–Crippen MR) is 95.9 cm³/mol. The molecule has 0 aliphatic rings. The van der Waals surface area contributed by atoms with Gasteiger partial charge in [0.1, 0.15) is 12.0 Å². The van der Waals surface area contributed by atoms with E-state index in [4.69, 9.17) is 4.42 Å². The monoisotopic (exact) mass is 400 g/mol. The molecule has 21 heavy (non-hydrogen) atoms. The smallest absolute Gasteiger partial charge is 0.226 e. The van der Waals surface area contributed by atoms with Crippen molar-refractivity contribution in [3.63, 3.8) is 0 Å². The standard InChI is InChI=1S/C15H20N4O.HI/c1-18(2)15(19(3)4)16-10-13-11-20-14(17-13)12-8-6-5-7-9-12;/h5-9,11H,10H2,1-4H3;1H. The third-order valence-electron chi connectivity index (χ3n) is 2.75. The van der Waals surface area contributed by atoms with Crippen molar-refractivity contribution in [3.8, 4) is 11.5 Å². The average molecular weight is 400 g/mol. The largest absolute Gasteiger partial charge is 0.444 e. The number of benzene rings is 1. The number of guanidine groups is 1. The van der Waals surface area contributed by atoms with Crippen molar-refractivity contribution in [3.05, 3.63) is 42.3 Å². The summed E-state index contributed by atoms with van der Waals surface area (Å²) in [6.45, 7) is 0.502. The average Bonchev–Trinajstić information content (AvgIpc) is 2.88. The van der Waals surface area contributed by atoms with Crippen LogP contribution in [0.2, 0.25) is 0 Å². The van der Waals surface area contributed by atoms with Gasteiger partial charge in [0, 0.05) is 33.8 Å². The minimum atomic E-state index is 0. The van der Waals surface area contributed by atoms with Crippen LogP contribution < -0.4 is 0 Å². The van der Waals surface area contributed by atoms with Gasteiger partial charge in [0.15, 0.2) is 5.96 Å². The van der Waals surface area contributed by atoms with Crippen molar-refractivity contribution in [1.29, 1.82) is 0 Å². The lowest BCUT2D eigenvalue weighted by Crippen LogP contribution is -2.35. The highest BCUT2D eigenvalue weighted by Crippen LogP contribution is 2.18. The van der Waals surface area contributed by atoms with Crippen LogP contribution in [-0.2, 0) is 6.54 Å². The van der Waals surface area contributed by atoms with Gasteiger partial charge in [-0.1, -0.05) is 18.2 Å². The van der Waals surface area contributed by atoms with Gasteiger partial charge in [-0.05, 0) is 12.1 Å². The Morgan fingerprint density at radius 2 is 1.71 bits per heavy atom. The fourth-order valence-corrected chi connectivity index (χ4v) is 1.93. The minimum absolute atomic E-state index is 0. The second-order valence-corrected chi connectivity index (χ2v) is 4.92. The molecule has 0 unspecified atom stereocenters. The van der Waals surface area contributed by atoms with Gasteiger partial charge in [-0.15, -0.1) is 24.0 Å². The van der Waals surface area contributed by atoms with Crippen molar-refractivity contribution >= 4 is 29.9 Å². The first-order valence-corrected chi connectivity index (χ1v) is 6.47. The van der Waals surface area contributed by atoms with Crippen LogP contribution in [-0.4, -0.2) is 48.9 Å². The summed E-state index contributed by atoms with van der Waals surface area (Å²) in [4.78, 5) is 12.9. The van der Waals surface area contributed by atoms with Gasteiger partial charge >= 0.3 is 0 Å². The third kappa shape index (κ3) is 4.73.